The van der Waals surface area contributed by atoms with Crippen LogP contribution < -0.4 is 15.4 Å². The van der Waals surface area contributed by atoms with E-state index in [2.05, 4.69) is 15.4 Å². The Morgan fingerprint density at radius 3 is 2.86 bits per heavy atom. The third kappa shape index (κ3) is 4.97. The molecule has 1 aliphatic heterocycles. The van der Waals surface area contributed by atoms with Gasteiger partial charge < -0.3 is 15.4 Å². The third-order valence-corrected chi connectivity index (χ3v) is 3.78. The van der Waals surface area contributed by atoms with Gasteiger partial charge in [-0.1, -0.05) is 18.5 Å². The normalized spacial score (nSPS) is 21.1. The SMILES string of the molecule is CC1CCNCC1NC(=O)c1cc(Cl)ccc1OC(F)F.Cl. The summed E-state index contributed by atoms with van der Waals surface area (Å²) in [6.07, 6.45) is 0.945. The zero-order valence-electron chi connectivity index (χ0n) is 11.9. The maximum atomic E-state index is 12.4. The van der Waals surface area contributed by atoms with Gasteiger partial charge in [-0.3, -0.25) is 4.79 Å². The number of rotatable bonds is 4. The van der Waals surface area contributed by atoms with Crippen molar-refractivity contribution in [1.82, 2.24) is 10.6 Å². The molecule has 1 fully saturated rings. The largest absolute Gasteiger partial charge is 0.434 e. The van der Waals surface area contributed by atoms with E-state index in [0.29, 0.717) is 12.5 Å². The van der Waals surface area contributed by atoms with Gasteiger partial charge in [0, 0.05) is 17.6 Å². The van der Waals surface area contributed by atoms with E-state index in [9.17, 15) is 13.6 Å². The fraction of sp³-hybridized carbons (Fsp3) is 0.500. The maximum Gasteiger partial charge on any atom is 0.387 e. The van der Waals surface area contributed by atoms with E-state index in [4.69, 9.17) is 11.6 Å². The van der Waals surface area contributed by atoms with Crippen LogP contribution in [-0.4, -0.2) is 31.7 Å². The van der Waals surface area contributed by atoms with Crippen molar-refractivity contribution in [3.8, 4) is 5.75 Å². The van der Waals surface area contributed by atoms with Crippen LogP contribution in [0.4, 0.5) is 8.78 Å². The minimum absolute atomic E-state index is 0. The molecule has 1 aromatic carbocycles. The molecule has 0 bridgehead atoms. The van der Waals surface area contributed by atoms with Crippen molar-refractivity contribution >= 4 is 29.9 Å². The lowest BCUT2D eigenvalue weighted by Gasteiger charge is -2.30. The van der Waals surface area contributed by atoms with Crippen LogP contribution in [0.2, 0.25) is 5.02 Å². The average molecular weight is 355 g/mol. The summed E-state index contributed by atoms with van der Waals surface area (Å²) in [5.41, 5.74) is 0.0144. The van der Waals surface area contributed by atoms with E-state index >= 15 is 0 Å². The van der Waals surface area contributed by atoms with E-state index < -0.39 is 12.5 Å². The van der Waals surface area contributed by atoms with Gasteiger partial charge >= 0.3 is 6.61 Å². The van der Waals surface area contributed by atoms with Gasteiger partial charge in [0.15, 0.2) is 0 Å². The van der Waals surface area contributed by atoms with Crippen LogP contribution in [0.3, 0.4) is 0 Å². The minimum Gasteiger partial charge on any atom is -0.434 e. The standard InChI is InChI=1S/C14H17ClF2N2O2.ClH/c1-8-4-5-18-7-11(8)19-13(20)10-6-9(15)2-3-12(10)21-14(16)17;/h2-3,6,8,11,14,18H,4-5,7H2,1H3,(H,19,20);1H. The summed E-state index contributed by atoms with van der Waals surface area (Å²) in [4.78, 5) is 12.3. The number of piperidine rings is 1. The topological polar surface area (TPSA) is 50.4 Å². The first-order valence-electron chi connectivity index (χ1n) is 6.73. The predicted octanol–water partition coefficient (Wildman–Crippen LogP) is 3.09. The average Bonchev–Trinajstić information content (AvgIpc) is 2.43. The summed E-state index contributed by atoms with van der Waals surface area (Å²) < 4.78 is 29.1. The highest BCUT2D eigenvalue weighted by molar-refractivity contribution is 6.31. The molecule has 2 N–H and O–H groups in total. The van der Waals surface area contributed by atoms with Crippen LogP contribution in [0.15, 0.2) is 18.2 Å². The predicted molar refractivity (Wildman–Crippen MR) is 83.2 cm³/mol. The van der Waals surface area contributed by atoms with Crippen LogP contribution in [0.1, 0.15) is 23.7 Å². The number of hydrogen-bond donors (Lipinski definition) is 2. The molecule has 1 aliphatic rings. The van der Waals surface area contributed by atoms with Gasteiger partial charge in [-0.25, -0.2) is 0 Å². The van der Waals surface area contributed by atoms with Crippen LogP contribution in [0, 0.1) is 5.92 Å². The van der Waals surface area contributed by atoms with Crippen molar-refractivity contribution in [2.75, 3.05) is 13.1 Å². The highest BCUT2D eigenvalue weighted by atomic mass is 35.5. The monoisotopic (exact) mass is 354 g/mol. The van der Waals surface area contributed by atoms with E-state index in [1.807, 2.05) is 6.92 Å². The molecule has 1 aromatic rings. The Kier molecular flexibility index (Phi) is 7.32. The number of carbonyl (C=O) groups excluding carboxylic acids is 1. The van der Waals surface area contributed by atoms with Gasteiger partial charge in [-0.15, -0.1) is 12.4 Å². The molecule has 0 aliphatic carbocycles. The van der Waals surface area contributed by atoms with Gasteiger partial charge in [-0.05, 0) is 37.1 Å². The molecule has 2 unspecified atom stereocenters. The first-order valence-corrected chi connectivity index (χ1v) is 7.11. The summed E-state index contributed by atoms with van der Waals surface area (Å²) >= 11 is 5.83. The fourth-order valence-corrected chi connectivity index (χ4v) is 2.48. The number of halogens is 4. The first kappa shape index (κ1) is 18.9. The van der Waals surface area contributed by atoms with Gasteiger partial charge in [-0.2, -0.15) is 8.78 Å². The molecule has 2 rings (SSSR count). The maximum absolute atomic E-state index is 12.4. The zero-order valence-corrected chi connectivity index (χ0v) is 13.5. The Hall–Kier alpha value is -1.11. The number of ether oxygens (including phenoxy) is 1. The van der Waals surface area contributed by atoms with E-state index in [1.165, 1.54) is 18.2 Å². The van der Waals surface area contributed by atoms with Crippen molar-refractivity contribution in [2.24, 2.45) is 5.92 Å². The summed E-state index contributed by atoms with van der Waals surface area (Å²) in [7, 11) is 0. The molecule has 1 saturated heterocycles. The second-order valence-corrected chi connectivity index (χ2v) is 5.51. The van der Waals surface area contributed by atoms with E-state index in [1.54, 1.807) is 0 Å². The number of hydrogen-bond acceptors (Lipinski definition) is 3. The van der Waals surface area contributed by atoms with Crippen LogP contribution in [0.25, 0.3) is 0 Å². The van der Waals surface area contributed by atoms with E-state index in [0.717, 1.165) is 13.0 Å². The minimum atomic E-state index is -2.99. The number of benzene rings is 1. The Morgan fingerprint density at radius 2 is 2.23 bits per heavy atom. The second kappa shape index (κ2) is 8.50. The summed E-state index contributed by atoms with van der Waals surface area (Å²) in [5.74, 6) is -0.328. The molecule has 2 atom stereocenters. The van der Waals surface area contributed by atoms with Gasteiger partial charge in [0.2, 0.25) is 0 Å². The number of carbonyl (C=O) groups is 1. The number of alkyl halides is 2. The smallest absolute Gasteiger partial charge is 0.387 e. The van der Waals surface area contributed by atoms with Crippen LogP contribution >= 0.6 is 24.0 Å². The number of nitrogens with one attached hydrogen (secondary N) is 2. The molecule has 0 spiro atoms. The first-order chi connectivity index (χ1) is 9.97. The van der Waals surface area contributed by atoms with Gasteiger partial charge in [0.05, 0.1) is 5.56 Å². The molecule has 0 aromatic heterocycles. The lowest BCUT2D eigenvalue weighted by molar-refractivity contribution is -0.0501. The van der Waals surface area contributed by atoms with Crippen molar-refractivity contribution in [1.29, 1.82) is 0 Å². The molecule has 4 nitrogen and oxygen atoms in total. The highest BCUT2D eigenvalue weighted by Gasteiger charge is 2.25. The fourth-order valence-electron chi connectivity index (χ4n) is 2.31. The molecule has 0 radical (unpaired) electrons. The van der Waals surface area contributed by atoms with E-state index in [-0.39, 0.29) is 34.8 Å². The molecular formula is C14H18Cl2F2N2O2. The summed E-state index contributed by atoms with van der Waals surface area (Å²) in [6.45, 7) is 0.608. The molecule has 1 amide bonds. The number of amides is 1. The second-order valence-electron chi connectivity index (χ2n) is 5.07. The quantitative estimate of drug-likeness (QED) is 0.873. The Labute approximate surface area is 139 Å². The van der Waals surface area contributed by atoms with Gasteiger partial charge in [0.1, 0.15) is 5.75 Å². The lowest BCUT2D eigenvalue weighted by Crippen LogP contribution is -2.50. The van der Waals surface area contributed by atoms with Crippen LogP contribution in [0.5, 0.6) is 5.75 Å². The van der Waals surface area contributed by atoms with Crippen molar-refractivity contribution in [3.05, 3.63) is 28.8 Å². The van der Waals surface area contributed by atoms with Crippen LogP contribution in [-0.2, 0) is 0 Å². The molecule has 8 heteroatoms. The highest BCUT2D eigenvalue weighted by Crippen LogP contribution is 2.25. The Balaban J connectivity index is 0.00000242. The zero-order chi connectivity index (χ0) is 15.4. The van der Waals surface area contributed by atoms with Crippen molar-refractivity contribution < 1.29 is 18.3 Å². The van der Waals surface area contributed by atoms with Crippen molar-refractivity contribution in [2.45, 2.75) is 26.0 Å². The third-order valence-electron chi connectivity index (χ3n) is 3.55. The molecular weight excluding hydrogens is 337 g/mol. The Morgan fingerprint density at radius 1 is 1.50 bits per heavy atom. The molecule has 0 saturated carbocycles. The molecule has 22 heavy (non-hydrogen) atoms. The Bertz CT molecular complexity index is 518. The summed E-state index contributed by atoms with van der Waals surface area (Å²) in [5, 5.41) is 6.32. The summed E-state index contributed by atoms with van der Waals surface area (Å²) in [6, 6.07) is 3.95. The van der Waals surface area contributed by atoms with Crippen molar-refractivity contribution in [3.63, 3.8) is 0 Å². The molecule has 1 heterocycles. The molecule has 124 valence electrons. The van der Waals surface area contributed by atoms with Gasteiger partial charge in [0.25, 0.3) is 5.91 Å². The lowest BCUT2D eigenvalue weighted by atomic mass is 9.94.